The highest BCUT2D eigenvalue weighted by Gasteiger charge is 1.88. The van der Waals surface area contributed by atoms with E-state index in [2.05, 4.69) is 11.6 Å². The van der Waals surface area contributed by atoms with E-state index < -0.39 is 0 Å². The van der Waals surface area contributed by atoms with Gasteiger partial charge in [-0.1, -0.05) is 18.2 Å². The Balaban J connectivity index is 4.19. The minimum atomic E-state index is 0.459. The van der Waals surface area contributed by atoms with E-state index >= 15 is 0 Å². The summed E-state index contributed by atoms with van der Waals surface area (Å²) in [5.74, 6) is 0. The Morgan fingerprint density at radius 2 is 2.30 bits per heavy atom. The van der Waals surface area contributed by atoms with Crippen molar-refractivity contribution < 1.29 is 0 Å². The molecule has 0 saturated heterocycles. The second kappa shape index (κ2) is 4.73. The molecule has 0 fully saturated rings. The zero-order valence-corrected chi connectivity index (χ0v) is 8.48. The fourth-order valence-corrected chi connectivity index (χ4v) is 0.417. The molecule has 0 aliphatic rings. The Hall–Kier alpha value is -0.0300. The highest BCUT2D eigenvalue weighted by atomic mass is 127. The van der Waals surface area contributed by atoms with Crippen LogP contribution >= 0.6 is 34.2 Å². The van der Waals surface area contributed by atoms with E-state index in [-0.39, 0.29) is 0 Å². The number of hydrogen-bond acceptors (Lipinski definition) is 2. The molecular formula is C6H8ClIN2. The quantitative estimate of drug-likeness (QED) is 0.467. The van der Waals surface area contributed by atoms with E-state index in [1.165, 1.54) is 6.20 Å². The molecule has 0 aromatic carbocycles. The summed E-state index contributed by atoms with van der Waals surface area (Å²) in [5.41, 5.74) is 6.00. The van der Waals surface area contributed by atoms with Crippen LogP contribution in [0.1, 0.15) is 6.92 Å². The number of halogens is 2. The predicted octanol–water partition coefficient (Wildman–Crippen LogP) is 2.39. The van der Waals surface area contributed by atoms with Gasteiger partial charge in [0.2, 0.25) is 0 Å². The Kier molecular flexibility index (Phi) is 4.72. The summed E-state index contributed by atoms with van der Waals surface area (Å²) in [6.45, 7) is 5.30. The van der Waals surface area contributed by atoms with E-state index in [4.69, 9.17) is 17.3 Å². The van der Waals surface area contributed by atoms with Crippen LogP contribution in [0.15, 0.2) is 27.0 Å². The molecule has 0 bridgehead atoms. The van der Waals surface area contributed by atoms with Crippen molar-refractivity contribution in [2.75, 3.05) is 0 Å². The maximum atomic E-state index is 5.45. The van der Waals surface area contributed by atoms with Crippen molar-refractivity contribution in [2.24, 2.45) is 10.7 Å². The topological polar surface area (TPSA) is 38.4 Å². The Labute approximate surface area is 79.0 Å². The number of hydrogen-bond donors (Lipinski definition) is 1. The highest BCUT2D eigenvalue weighted by molar-refractivity contribution is 14.1. The largest absolute Gasteiger partial charge is 0.397 e. The van der Waals surface area contributed by atoms with Crippen LogP contribution in [0, 0.1) is 0 Å². The molecule has 0 radical (unpaired) electrons. The summed E-state index contributed by atoms with van der Waals surface area (Å²) in [7, 11) is 0. The van der Waals surface area contributed by atoms with Gasteiger partial charge in [-0.2, -0.15) is 0 Å². The third kappa shape index (κ3) is 4.81. The molecule has 4 heteroatoms. The maximum Gasteiger partial charge on any atom is 0.103 e. The lowest BCUT2D eigenvalue weighted by Gasteiger charge is -1.92. The van der Waals surface area contributed by atoms with Crippen molar-refractivity contribution in [3.05, 3.63) is 22.1 Å². The van der Waals surface area contributed by atoms with Crippen LogP contribution in [-0.4, -0.2) is 5.17 Å². The molecule has 2 N–H and O–H groups in total. The number of allylic oxidation sites excluding steroid dienone is 1. The van der Waals surface area contributed by atoms with Crippen molar-refractivity contribution in [1.29, 1.82) is 0 Å². The summed E-state index contributed by atoms with van der Waals surface area (Å²) < 4.78 is 0.763. The average Bonchev–Trinajstić information content (AvgIpc) is 1.82. The Morgan fingerprint density at radius 3 is 2.60 bits per heavy atom. The molecule has 0 aliphatic heterocycles. The van der Waals surface area contributed by atoms with E-state index in [9.17, 15) is 0 Å². The second-order valence-electron chi connectivity index (χ2n) is 1.62. The number of nitrogens with two attached hydrogens (primary N) is 1. The fourth-order valence-electron chi connectivity index (χ4n) is 0.229. The average molecular weight is 271 g/mol. The third-order valence-corrected chi connectivity index (χ3v) is 1.42. The first-order chi connectivity index (χ1) is 4.54. The summed E-state index contributed by atoms with van der Waals surface area (Å²) in [4.78, 5) is 3.78. The van der Waals surface area contributed by atoms with Crippen LogP contribution in [0.4, 0.5) is 0 Å². The van der Waals surface area contributed by atoms with Gasteiger partial charge in [0.05, 0.1) is 11.9 Å². The van der Waals surface area contributed by atoms with Gasteiger partial charge in [-0.25, -0.2) is 4.99 Å². The van der Waals surface area contributed by atoms with Gasteiger partial charge >= 0.3 is 0 Å². The molecule has 0 heterocycles. The van der Waals surface area contributed by atoms with E-state index in [0.717, 1.165) is 3.58 Å². The van der Waals surface area contributed by atoms with Crippen molar-refractivity contribution in [3.8, 4) is 0 Å². The molecule has 0 aromatic rings. The normalized spacial score (nSPS) is 13.5. The lowest BCUT2D eigenvalue weighted by molar-refractivity contribution is 1.36. The Morgan fingerprint density at radius 1 is 1.80 bits per heavy atom. The third-order valence-electron chi connectivity index (χ3n) is 0.695. The molecule has 10 heavy (non-hydrogen) atoms. The predicted molar refractivity (Wildman–Crippen MR) is 54.4 cm³/mol. The van der Waals surface area contributed by atoms with Crippen molar-refractivity contribution in [1.82, 2.24) is 0 Å². The fraction of sp³-hybridized carbons (Fsp3) is 0.167. The first-order valence-electron chi connectivity index (χ1n) is 2.54. The van der Waals surface area contributed by atoms with Gasteiger partial charge in [0, 0.05) is 3.58 Å². The molecular weight excluding hydrogens is 262 g/mol. The molecule has 0 unspecified atom stereocenters. The van der Waals surface area contributed by atoms with Crippen LogP contribution in [0.5, 0.6) is 0 Å². The lowest BCUT2D eigenvalue weighted by Crippen LogP contribution is -1.94. The van der Waals surface area contributed by atoms with Crippen LogP contribution in [0.25, 0.3) is 0 Å². The van der Waals surface area contributed by atoms with Crippen molar-refractivity contribution in [3.63, 3.8) is 0 Å². The zero-order chi connectivity index (χ0) is 8.15. The standard InChI is InChI=1S/C6H8ClIN2/c1-4(8)6(9)3-10-5(2)7/h3H,1,9H2,2H3/b6-3+,10-5?. The van der Waals surface area contributed by atoms with E-state index in [1.54, 1.807) is 6.92 Å². The van der Waals surface area contributed by atoms with E-state index in [0.29, 0.717) is 10.9 Å². The van der Waals surface area contributed by atoms with Crippen molar-refractivity contribution in [2.45, 2.75) is 6.92 Å². The monoisotopic (exact) mass is 270 g/mol. The van der Waals surface area contributed by atoms with Gasteiger partial charge in [-0.15, -0.1) is 0 Å². The van der Waals surface area contributed by atoms with Gasteiger partial charge in [0.1, 0.15) is 5.17 Å². The smallest absolute Gasteiger partial charge is 0.103 e. The first kappa shape index (κ1) is 9.97. The van der Waals surface area contributed by atoms with Gasteiger partial charge in [0.25, 0.3) is 0 Å². The molecule has 0 aliphatic carbocycles. The molecule has 56 valence electrons. The summed E-state index contributed by atoms with van der Waals surface area (Å²) >= 11 is 7.46. The SMILES string of the molecule is C=C(I)/C(N)=C\N=C(C)Cl. The Bertz CT molecular complexity index is 192. The van der Waals surface area contributed by atoms with Gasteiger partial charge in [0.15, 0.2) is 0 Å². The molecule has 0 rings (SSSR count). The molecule has 0 atom stereocenters. The van der Waals surface area contributed by atoms with Crippen LogP contribution in [0.2, 0.25) is 0 Å². The van der Waals surface area contributed by atoms with Gasteiger partial charge < -0.3 is 5.73 Å². The van der Waals surface area contributed by atoms with Crippen LogP contribution in [-0.2, 0) is 0 Å². The minimum absolute atomic E-state index is 0.459. The molecule has 0 spiro atoms. The van der Waals surface area contributed by atoms with Crippen molar-refractivity contribution >= 4 is 39.4 Å². The molecule has 0 aromatic heterocycles. The van der Waals surface area contributed by atoms with E-state index in [1.807, 2.05) is 22.6 Å². The first-order valence-corrected chi connectivity index (χ1v) is 4.00. The lowest BCUT2D eigenvalue weighted by atomic mass is 10.5. The molecule has 0 saturated carbocycles. The summed E-state index contributed by atoms with van der Waals surface area (Å²) in [5, 5.41) is 0.459. The van der Waals surface area contributed by atoms with Crippen LogP contribution < -0.4 is 5.73 Å². The molecule has 2 nitrogen and oxygen atoms in total. The van der Waals surface area contributed by atoms with Gasteiger partial charge in [-0.05, 0) is 29.5 Å². The number of rotatable bonds is 2. The maximum absolute atomic E-state index is 5.45. The molecule has 0 amide bonds. The highest BCUT2D eigenvalue weighted by Crippen LogP contribution is 2.09. The minimum Gasteiger partial charge on any atom is -0.397 e. The summed E-state index contributed by atoms with van der Waals surface area (Å²) in [6, 6.07) is 0. The summed E-state index contributed by atoms with van der Waals surface area (Å²) in [6.07, 6.45) is 1.48. The van der Waals surface area contributed by atoms with Crippen LogP contribution in [0.3, 0.4) is 0 Å². The number of aliphatic imine (C=N–C) groups is 1. The zero-order valence-electron chi connectivity index (χ0n) is 5.56. The second-order valence-corrected chi connectivity index (χ2v) is 3.46. The van der Waals surface area contributed by atoms with Gasteiger partial charge in [-0.3, -0.25) is 0 Å². The number of nitrogens with zero attached hydrogens (tertiary/aromatic N) is 1.